The highest BCUT2D eigenvalue weighted by Gasteiger charge is 2.25. The fourth-order valence-electron chi connectivity index (χ4n) is 3.05. The summed E-state index contributed by atoms with van der Waals surface area (Å²) in [7, 11) is 0. The van der Waals surface area contributed by atoms with Crippen molar-refractivity contribution in [2.24, 2.45) is 5.41 Å². The summed E-state index contributed by atoms with van der Waals surface area (Å²) in [5, 5.41) is 4.61. The molecule has 19 heavy (non-hydrogen) atoms. The van der Waals surface area contributed by atoms with Crippen LogP contribution in [-0.4, -0.2) is 6.04 Å². The van der Waals surface area contributed by atoms with E-state index >= 15 is 0 Å². The third-order valence-corrected chi connectivity index (χ3v) is 4.65. The molecule has 1 fully saturated rings. The lowest BCUT2D eigenvalue weighted by Gasteiger charge is -2.24. The first-order valence-corrected chi connectivity index (χ1v) is 7.86. The number of hydrogen-bond donors (Lipinski definition) is 1. The van der Waals surface area contributed by atoms with Gasteiger partial charge in [0.15, 0.2) is 0 Å². The fourth-order valence-corrected chi connectivity index (χ4v) is 3.25. The van der Waals surface area contributed by atoms with Crippen LogP contribution in [0.4, 0.5) is 0 Å². The van der Waals surface area contributed by atoms with Crippen LogP contribution in [0.15, 0.2) is 24.3 Å². The third-order valence-electron chi connectivity index (χ3n) is 4.41. The van der Waals surface area contributed by atoms with Gasteiger partial charge in [-0.25, -0.2) is 0 Å². The molecule has 0 radical (unpaired) electrons. The van der Waals surface area contributed by atoms with Crippen molar-refractivity contribution in [3.05, 3.63) is 34.9 Å². The Kier molecular flexibility index (Phi) is 4.92. The maximum absolute atomic E-state index is 6.07. The molecule has 0 aliphatic heterocycles. The Morgan fingerprint density at radius 3 is 2.79 bits per heavy atom. The Hall–Kier alpha value is -0.530. The van der Waals surface area contributed by atoms with Crippen LogP contribution in [0.25, 0.3) is 0 Å². The summed E-state index contributed by atoms with van der Waals surface area (Å²) in [5.74, 6) is 0. The third kappa shape index (κ3) is 4.50. The van der Waals surface area contributed by atoms with Gasteiger partial charge in [0.05, 0.1) is 0 Å². The van der Waals surface area contributed by atoms with Gasteiger partial charge in [0.1, 0.15) is 0 Å². The number of rotatable bonds is 3. The molecule has 2 atom stereocenters. The topological polar surface area (TPSA) is 12.0 Å². The summed E-state index contributed by atoms with van der Waals surface area (Å²) in [4.78, 5) is 0. The van der Waals surface area contributed by atoms with E-state index < -0.39 is 0 Å². The summed E-state index contributed by atoms with van der Waals surface area (Å²) in [6, 6.07) is 9.22. The van der Waals surface area contributed by atoms with E-state index in [1.54, 1.807) is 0 Å². The normalized spacial score (nSPS) is 24.7. The Morgan fingerprint density at radius 1 is 1.26 bits per heavy atom. The second-order valence-corrected chi connectivity index (χ2v) is 7.17. The highest BCUT2D eigenvalue weighted by Crippen LogP contribution is 2.34. The highest BCUT2D eigenvalue weighted by atomic mass is 35.5. The van der Waals surface area contributed by atoms with Crippen molar-refractivity contribution in [1.29, 1.82) is 0 Å². The first-order valence-electron chi connectivity index (χ1n) is 7.48. The molecule has 0 amide bonds. The van der Waals surface area contributed by atoms with E-state index in [4.69, 9.17) is 11.6 Å². The molecule has 2 heteroatoms. The van der Waals surface area contributed by atoms with Crippen LogP contribution in [-0.2, 0) is 0 Å². The minimum atomic E-state index is 0.380. The molecule has 1 N–H and O–H groups in total. The van der Waals surface area contributed by atoms with Crippen LogP contribution in [0.1, 0.15) is 64.5 Å². The van der Waals surface area contributed by atoms with E-state index in [1.165, 1.54) is 37.7 Å². The molecule has 106 valence electrons. The zero-order chi connectivity index (χ0) is 13.9. The first-order chi connectivity index (χ1) is 8.96. The molecular weight excluding hydrogens is 254 g/mol. The Labute approximate surface area is 122 Å². The number of halogens is 1. The van der Waals surface area contributed by atoms with Crippen LogP contribution in [0, 0.1) is 5.41 Å². The van der Waals surface area contributed by atoms with Crippen molar-refractivity contribution in [3.8, 4) is 0 Å². The number of nitrogens with one attached hydrogen (secondary N) is 1. The quantitative estimate of drug-likeness (QED) is 0.736. The second kappa shape index (κ2) is 6.28. The lowest BCUT2D eigenvalue weighted by atomic mass is 9.85. The Balaban J connectivity index is 1.93. The molecule has 1 aromatic carbocycles. The van der Waals surface area contributed by atoms with Crippen LogP contribution in [0.5, 0.6) is 0 Å². The van der Waals surface area contributed by atoms with Crippen molar-refractivity contribution in [2.45, 2.75) is 65.0 Å². The molecule has 1 aliphatic rings. The average Bonchev–Trinajstić information content (AvgIpc) is 2.51. The number of hydrogen-bond acceptors (Lipinski definition) is 1. The zero-order valence-electron chi connectivity index (χ0n) is 12.4. The van der Waals surface area contributed by atoms with Gasteiger partial charge in [0.2, 0.25) is 0 Å². The minimum absolute atomic E-state index is 0.380. The second-order valence-electron chi connectivity index (χ2n) is 6.74. The van der Waals surface area contributed by atoms with Gasteiger partial charge in [-0.05, 0) is 55.7 Å². The van der Waals surface area contributed by atoms with Crippen molar-refractivity contribution < 1.29 is 0 Å². The molecule has 0 aromatic heterocycles. The van der Waals surface area contributed by atoms with Crippen molar-refractivity contribution >= 4 is 11.6 Å². The van der Waals surface area contributed by atoms with E-state index in [0.29, 0.717) is 17.5 Å². The first kappa shape index (κ1) is 14.9. The summed E-state index contributed by atoms with van der Waals surface area (Å²) in [6.45, 7) is 7.03. The van der Waals surface area contributed by atoms with Crippen LogP contribution in [0.2, 0.25) is 5.02 Å². The van der Waals surface area contributed by atoms with Gasteiger partial charge >= 0.3 is 0 Å². The summed E-state index contributed by atoms with van der Waals surface area (Å²) < 4.78 is 0. The summed E-state index contributed by atoms with van der Waals surface area (Å²) in [5.41, 5.74) is 1.81. The van der Waals surface area contributed by atoms with Crippen molar-refractivity contribution in [3.63, 3.8) is 0 Å². The number of benzene rings is 1. The molecule has 1 unspecified atom stereocenters. The standard InChI is InChI=1S/C17H26ClN/c1-13(14-6-4-7-15(18)12-14)19-16-8-5-10-17(2,3)11-9-16/h4,6-7,12-13,16,19H,5,8-11H2,1-3H3/t13-,16?/m0/s1. The molecule has 2 rings (SSSR count). The van der Waals surface area contributed by atoms with E-state index in [1.807, 2.05) is 12.1 Å². The molecule has 0 spiro atoms. The predicted octanol–water partition coefficient (Wildman–Crippen LogP) is 5.35. The molecule has 1 aromatic rings. The Morgan fingerprint density at radius 2 is 2.05 bits per heavy atom. The molecule has 0 bridgehead atoms. The Bertz CT molecular complexity index is 413. The SMILES string of the molecule is C[C@H](NC1CCCC(C)(C)CC1)c1cccc(Cl)c1. The molecule has 1 nitrogen and oxygen atoms in total. The van der Waals surface area contributed by atoms with Crippen LogP contribution in [0.3, 0.4) is 0 Å². The molecule has 0 saturated heterocycles. The lowest BCUT2D eigenvalue weighted by Crippen LogP contribution is -2.31. The van der Waals surface area contributed by atoms with Crippen LogP contribution >= 0.6 is 11.6 Å². The molecule has 1 aliphatic carbocycles. The van der Waals surface area contributed by atoms with Gasteiger partial charge in [-0.1, -0.05) is 44.0 Å². The van der Waals surface area contributed by atoms with E-state index in [-0.39, 0.29) is 0 Å². The van der Waals surface area contributed by atoms with Gasteiger partial charge < -0.3 is 5.32 Å². The molecule has 1 saturated carbocycles. The fraction of sp³-hybridized carbons (Fsp3) is 0.647. The van der Waals surface area contributed by atoms with Gasteiger partial charge in [-0.15, -0.1) is 0 Å². The maximum Gasteiger partial charge on any atom is 0.0409 e. The highest BCUT2D eigenvalue weighted by molar-refractivity contribution is 6.30. The summed E-state index contributed by atoms with van der Waals surface area (Å²) in [6.07, 6.45) is 6.61. The van der Waals surface area contributed by atoms with Gasteiger partial charge in [-0.3, -0.25) is 0 Å². The smallest absolute Gasteiger partial charge is 0.0409 e. The lowest BCUT2D eigenvalue weighted by molar-refractivity contribution is 0.307. The predicted molar refractivity (Wildman–Crippen MR) is 83.7 cm³/mol. The van der Waals surface area contributed by atoms with Crippen molar-refractivity contribution in [2.75, 3.05) is 0 Å². The monoisotopic (exact) mass is 279 g/mol. The van der Waals surface area contributed by atoms with Gasteiger partial charge in [0.25, 0.3) is 0 Å². The van der Waals surface area contributed by atoms with Crippen LogP contribution < -0.4 is 5.32 Å². The average molecular weight is 280 g/mol. The maximum atomic E-state index is 6.07. The summed E-state index contributed by atoms with van der Waals surface area (Å²) >= 11 is 6.07. The van der Waals surface area contributed by atoms with Gasteiger partial charge in [-0.2, -0.15) is 0 Å². The molecule has 0 heterocycles. The minimum Gasteiger partial charge on any atom is -0.307 e. The largest absolute Gasteiger partial charge is 0.307 e. The van der Waals surface area contributed by atoms with E-state index in [2.05, 4.69) is 38.2 Å². The van der Waals surface area contributed by atoms with Gasteiger partial charge in [0, 0.05) is 17.1 Å². The van der Waals surface area contributed by atoms with E-state index in [0.717, 1.165) is 5.02 Å². The van der Waals surface area contributed by atoms with E-state index in [9.17, 15) is 0 Å². The zero-order valence-corrected chi connectivity index (χ0v) is 13.1. The molecular formula is C17H26ClN. The van der Waals surface area contributed by atoms with Crippen molar-refractivity contribution in [1.82, 2.24) is 5.32 Å².